The van der Waals surface area contributed by atoms with Gasteiger partial charge in [-0.2, -0.15) is 0 Å². The average molecular weight is 258 g/mol. The summed E-state index contributed by atoms with van der Waals surface area (Å²) in [6.45, 7) is 4.47. The number of aliphatic hydroxyl groups is 1. The molecule has 0 spiro atoms. The van der Waals surface area contributed by atoms with Crippen molar-refractivity contribution in [1.29, 1.82) is 0 Å². The zero-order valence-corrected chi connectivity index (χ0v) is 10.9. The largest absolute Gasteiger partial charge is 0.394 e. The molecule has 2 unspecified atom stereocenters. The van der Waals surface area contributed by atoms with Crippen molar-refractivity contribution < 1.29 is 9.84 Å². The van der Waals surface area contributed by atoms with E-state index in [0.717, 1.165) is 29.8 Å². The first-order valence-electron chi connectivity index (χ1n) is 5.70. The second-order valence-corrected chi connectivity index (χ2v) is 5.26. The van der Waals surface area contributed by atoms with Crippen molar-refractivity contribution in [3.05, 3.63) is 5.01 Å². The monoisotopic (exact) mass is 258 g/mol. The van der Waals surface area contributed by atoms with Gasteiger partial charge in [0.05, 0.1) is 25.4 Å². The van der Waals surface area contributed by atoms with Gasteiger partial charge in [0, 0.05) is 20.1 Å². The van der Waals surface area contributed by atoms with Gasteiger partial charge in [0.1, 0.15) is 5.01 Å². The van der Waals surface area contributed by atoms with Crippen molar-refractivity contribution in [3.63, 3.8) is 0 Å². The normalized spacial score (nSPS) is 26.1. The minimum Gasteiger partial charge on any atom is -0.394 e. The van der Waals surface area contributed by atoms with Crippen LogP contribution in [0.5, 0.6) is 0 Å². The number of aliphatic hydroxyl groups excluding tert-OH is 1. The number of anilines is 1. The van der Waals surface area contributed by atoms with E-state index in [1.165, 1.54) is 0 Å². The fraction of sp³-hybridized carbons (Fsp3) is 0.800. The van der Waals surface area contributed by atoms with Crippen molar-refractivity contribution in [3.8, 4) is 0 Å². The molecule has 1 aliphatic heterocycles. The standard InChI is InChI=1S/C10H18N4O2S/c1-7-3-14(4-8(6-15)16-7)5-9-12-13-10(11-2)17-9/h7-8,15H,3-6H2,1-2H3,(H,11,13). The Morgan fingerprint density at radius 3 is 3.00 bits per heavy atom. The smallest absolute Gasteiger partial charge is 0.205 e. The molecule has 0 aromatic carbocycles. The van der Waals surface area contributed by atoms with E-state index in [9.17, 15) is 0 Å². The fourth-order valence-electron chi connectivity index (χ4n) is 1.98. The van der Waals surface area contributed by atoms with Gasteiger partial charge in [0.15, 0.2) is 0 Å². The van der Waals surface area contributed by atoms with E-state index < -0.39 is 0 Å². The number of rotatable bonds is 4. The lowest BCUT2D eigenvalue weighted by Gasteiger charge is -2.35. The van der Waals surface area contributed by atoms with E-state index in [1.807, 2.05) is 14.0 Å². The zero-order chi connectivity index (χ0) is 12.3. The van der Waals surface area contributed by atoms with Crippen LogP contribution in [0.25, 0.3) is 0 Å². The molecule has 6 nitrogen and oxygen atoms in total. The second kappa shape index (κ2) is 5.72. The Morgan fingerprint density at radius 2 is 2.35 bits per heavy atom. The van der Waals surface area contributed by atoms with Crippen LogP contribution in [0.15, 0.2) is 0 Å². The number of hydrogen-bond donors (Lipinski definition) is 2. The van der Waals surface area contributed by atoms with Gasteiger partial charge < -0.3 is 15.2 Å². The Morgan fingerprint density at radius 1 is 1.53 bits per heavy atom. The molecule has 2 rings (SSSR count). The highest BCUT2D eigenvalue weighted by molar-refractivity contribution is 7.15. The van der Waals surface area contributed by atoms with E-state index in [4.69, 9.17) is 9.84 Å². The summed E-state index contributed by atoms with van der Waals surface area (Å²) in [6.07, 6.45) is 0.0630. The maximum atomic E-state index is 9.15. The molecule has 2 atom stereocenters. The van der Waals surface area contributed by atoms with Crippen LogP contribution in [0.2, 0.25) is 0 Å². The van der Waals surface area contributed by atoms with Crippen molar-refractivity contribution in [2.24, 2.45) is 0 Å². The predicted molar refractivity (Wildman–Crippen MR) is 66.2 cm³/mol. The maximum absolute atomic E-state index is 9.15. The third kappa shape index (κ3) is 3.35. The first kappa shape index (κ1) is 12.7. The van der Waals surface area contributed by atoms with Crippen LogP contribution in [0.3, 0.4) is 0 Å². The molecule has 0 amide bonds. The molecule has 0 aliphatic carbocycles. The van der Waals surface area contributed by atoms with Gasteiger partial charge in [-0.3, -0.25) is 4.90 Å². The molecule has 1 aromatic heterocycles. The first-order valence-corrected chi connectivity index (χ1v) is 6.51. The SMILES string of the molecule is CNc1nnc(CN2CC(C)OC(CO)C2)s1. The number of nitrogens with zero attached hydrogens (tertiary/aromatic N) is 3. The van der Waals surface area contributed by atoms with Crippen LogP contribution in [0, 0.1) is 0 Å². The molecule has 2 heterocycles. The summed E-state index contributed by atoms with van der Waals surface area (Å²) in [5.74, 6) is 0. The van der Waals surface area contributed by atoms with Crippen molar-refractivity contribution in [2.75, 3.05) is 32.1 Å². The van der Waals surface area contributed by atoms with Crippen LogP contribution < -0.4 is 5.32 Å². The quantitative estimate of drug-likeness (QED) is 0.802. The lowest BCUT2D eigenvalue weighted by Crippen LogP contribution is -2.47. The van der Waals surface area contributed by atoms with E-state index in [2.05, 4.69) is 20.4 Å². The molecule has 1 aliphatic rings. The fourth-order valence-corrected chi connectivity index (χ4v) is 2.72. The summed E-state index contributed by atoms with van der Waals surface area (Å²) in [7, 11) is 1.84. The van der Waals surface area contributed by atoms with E-state index in [0.29, 0.717) is 0 Å². The Bertz CT molecular complexity index is 360. The Labute approximate surface area is 105 Å². The highest BCUT2D eigenvalue weighted by Crippen LogP contribution is 2.19. The van der Waals surface area contributed by atoms with E-state index >= 15 is 0 Å². The minimum absolute atomic E-state index is 0.0682. The van der Waals surface area contributed by atoms with Gasteiger partial charge in [0.2, 0.25) is 5.13 Å². The summed E-state index contributed by atoms with van der Waals surface area (Å²) >= 11 is 1.56. The third-order valence-corrected chi connectivity index (χ3v) is 3.57. The number of hydrogen-bond acceptors (Lipinski definition) is 7. The zero-order valence-electron chi connectivity index (χ0n) is 10.1. The summed E-state index contributed by atoms with van der Waals surface area (Å²) in [6, 6.07) is 0. The van der Waals surface area contributed by atoms with Crippen LogP contribution >= 0.6 is 11.3 Å². The van der Waals surface area contributed by atoms with Gasteiger partial charge in [-0.15, -0.1) is 10.2 Å². The third-order valence-electron chi connectivity index (χ3n) is 2.65. The Balaban J connectivity index is 1.93. The van der Waals surface area contributed by atoms with Crippen LogP contribution in [0.1, 0.15) is 11.9 Å². The summed E-state index contributed by atoms with van der Waals surface area (Å²) in [5.41, 5.74) is 0. The van der Waals surface area contributed by atoms with Gasteiger partial charge in [0.25, 0.3) is 0 Å². The lowest BCUT2D eigenvalue weighted by atomic mass is 10.2. The van der Waals surface area contributed by atoms with Crippen molar-refractivity contribution in [2.45, 2.75) is 25.7 Å². The molecule has 7 heteroatoms. The van der Waals surface area contributed by atoms with Crippen LogP contribution in [0.4, 0.5) is 5.13 Å². The molecular formula is C10H18N4O2S. The number of ether oxygens (including phenoxy) is 1. The molecule has 1 fully saturated rings. The van der Waals surface area contributed by atoms with Gasteiger partial charge in [-0.05, 0) is 6.92 Å². The molecule has 0 saturated carbocycles. The van der Waals surface area contributed by atoms with Gasteiger partial charge >= 0.3 is 0 Å². The molecule has 0 radical (unpaired) electrons. The molecule has 2 N–H and O–H groups in total. The molecule has 1 aromatic rings. The predicted octanol–water partition coefficient (Wildman–Crippen LogP) is 0.161. The van der Waals surface area contributed by atoms with Crippen LogP contribution in [-0.2, 0) is 11.3 Å². The molecule has 17 heavy (non-hydrogen) atoms. The topological polar surface area (TPSA) is 70.5 Å². The number of morpholine rings is 1. The van der Waals surface area contributed by atoms with Crippen LogP contribution in [-0.4, -0.2) is 59.2 Å². The van der Waals surface area contributed by atoms with E-state index in [-0.39, 0.29) is 18.8 Å². The highest BCUT2D eigenvalue weighted by atomic mass is 32.1. The second-order valence-electron chi connectivity index (χ2n) is 4.20. The first-order chi connectivity index (χ1) is 8.21. The van der Waals surface area contributed by atoms with E-state index in [1.54, 1.807) is 11.3 Å². The minimum atomic E-state index is -0.0876. The summed E-state index contributed by atoms with van der Waals surface area (Å²) in [5, 5.41) is 22.1. The lowest BCUT2D eigenvalue weighted by molar-refractivity contribution is -0.0972. The van der Waals surface area contributed by atoms with Gasteiger partial charge in [-0.25, -0.2) is 0 Å². The molecule has 0 bridgehead atoms. The maximum Gasteiger partial charge on any atom is 0.205 e. The number of aromatic nitrogens is 2. The summed E-state index contributed by atoms with van der Waals surface area (Å²) < 4.78 is 5.59. The summed E-state index contributed by atoms with van der Waals surface area (Å²) in [4.78, 5) is 2.25. The average Bonchev–Trinajstić information content (AvgIpc) is 2.76. The van der Waals surface area contributed by atoms with Crippen molar-refractivity contribution >= 4 is 16.5 Å². The van der Waals surface area contributed by atoms with Gasteiger partial charge in [-0.1, -0.05) is 11.3 Å². The Hall–Kier alpha value is -0.760. The number of nitrogens with one attached hydrogen (secondary N) is 1. The van der Waals surface area contributed by atoms with Crippen molar-refractivity contribution in [1.82, 2.24) is 15.1 Å². The highest BCUT2D eigenvalue weighted by Gasteiger charge is 2.25. The Kier molecular flexibility index (Phi) is 4.27. The molecule has 96 valence electrons. The molecular weight excluding hydrogens is 240 g/mol. The molecule has 1 saturated heterocycles.